The summed E-state index contributed by atoms with van der Waals surface area (Å²) in [4.78, 5) is 0. The lowest BCUT2D eigenvalue weighted by atomic mass is 9.79. The molecular weight excluding hydrogens is 627 g/mol. The second-order valence-corrected chi connectivity index (χ2v) is 14.8. The molecule has 9 aromatic carbocycles. The van der Waals surface area contributed by atoms with Crippen LogP contribution in [0.3, 0.4) is 0 Å². The average Bonchev–Trinajstić information content (AvgIpc) is 3.65. The molecule has 0 saturated heterocycles. The normalized spacial score (nSPS) is 13.3. The molecule has 10 aromatic rings. The van der Waals surface area contributed by atoms with Gasteiger partial charge in [0.2, 0.25) is 0 Å². The maximum Gasteiger partial charge on any atom is 0.0544 e. The molecule has 52 heavy (non-hydrogen) atoms. The first-order chi connectivity index (χ1) is 25.6. The number of hydrogen-bond acceptors (Lipinski definition) is 0. The highest BCUT2D eigenvalue weighted by Crippen LogP contribution is 2.55. The summed E-state index contributed by atoms with van der Waals surface area (Å²) in [6.07, 6.45) is 0. The molecular formula is C51H35N. The van der Waals surface area contributed by atoms with E-state index in [0.717, 1.165) is 0 Å². The highest BCUT2D eigenvalue weighted by Gasteiger charge is 2.38. The zero-order chi connectivity index (χ0) is 34.6. The topological polar surface area (TPSA) is 4.93 Å². The van der Waals surface area contributed by atoms with Gasteiger partial charge >= 0.3 is 0 Å². The lowest BCUT2D eigenvalue weighted by Crippen LogP contribution is -2.15. The molecule has 244 valence electrons. The van der Waals surface area contributed by atoms with Crippen LogP contribution in [0.15, 0.2) is 176 Å². The maximum atomic E-state index is 2.50. The fourth-order valence-corrected chi connectivity index (χ4v) is 9.55. The Hall–Kier alpha value is -6.44. The van der Waals surface area contributed by atoms with E-state index in [0.29, 0.717) is 0 Å². The predicted molar refractivity (Wildman–Crippen MR) is 222 cm³/mol. The van der Waals surface area contributed by atoms with E-state index in [2.05, 4.69) is 194 Å². The van der Waals surface area contributed by atoms with Crippen LogP contribution in [0.25, 0.3) is 93.2 Å². The largest absolute Gasteiger partial charge is 0.309 e. The summed E-state index contributed by atoms with van der Waals surface area (Å²) >= 11 is 0. The molecule has 1 nitrogen and oxygen atoms in total. The highest BCUT2D eigenvalue weighted by atomic mass is 15.0. The second kappa shape index (κ2) is 10.8. The number of rotatable bonds is 3. The number of para-hydroxylation sites is 2. The number of hydrogen-bond donors (Lipinski definition) is 0. The van der Waals surface area contributed by atoms with Crippen molar-refractivity contribution in [3.8, 4) is 39.1 Å². The molecule has 11 rings (SSSR count). The van der Waals surface area contributed by atoms with E-state index >= 15 is 0 Å². The van der Waals surface area contributed by atoms with Crippen LogP contribution in [0.2, 0.25) is 0 Å². The Morgan fingerprint density at radius 3 is 1.71 bits per heavy atom. The minimum Gasteiger partial charge on any atom is -0.309 e. The summed E-state index contributed by atoms with van der Waals surface area (Å²) in [6, 6.07) is 65.2. The molecule has 1 heteroatoms. The number of aromatic nitrogens is 1. The van der Waals surface area contributed by atoms with Crippen molar-refractivity contribution in [1.82, 2.24) is 4.57 Å². The minimum atomic E-state index is -0.208. The van der Waals surface area contributed by atoms with E-state index in [1.165, 1.54) is 104 Å². The van der Waals surface area contributed by atoms with Gasteiger partial charge in [0.05, 0.1) is 11.0 Å². The molecule has 0 atom stereocenters. The van der Waals surface area contributed by atoms with Crippen LogP contribution in [-0.4, -0.2) is 4.57 Å². The van der Waals surface area contributed by atoms with Crippen molar-refractivity contribution < 1.29 is 0 Å². The Kier molecular flexibility index (Phi) is 6.08. The van der Waals surface area contributed by atoms with Gasteiger partial charge in [-0.05, 0) is 107 Å². The molecule has 1 heterocycles. The van der Waals surface area contributed by atoms with Crippen LogP contribution in [-0.2, 0) is 5.41 Å². The van der Waals surface area contributed by atoms with Crippen LogP contribution >= 0.6 is 0 Å². The van der Waals surface area contributed by atoms with Gasteiger partial charge in [-0.1, -0.05) is 159 Å². The van der Waals surface area contributed by atoms with Crippen LogP contribution < -0.4 is 0 Å². The van der Waals surface area contributed by atoms with Crippen molar-refractivity contribution in [3.05, 3.63) is 187 Å². The third kappa shape index (κ3) is 3.94. The summed E-state index contributed by atoms with van der Waals surface area (Å²) in [5, 5.41) is 10.3. The Morgan fingerprint density at radius 2 is 0.981 bits per heavy atom. The minimum absolute atomic E-state index is 0.208. The number of fused-ring (bicyclic) bond motifs is 10. The molecule has 0 radical (unpaired) electrons. The van der Waals surface area contributed by atoms with Crippen LogP contribution in [0.5, 0.6) is 0 Å². The Bertz CT molecular complexity index is 3020. The molecule has 0 N–H and O–H groups in total. The first-order valence-corrected chi connectivity index (χ1v) is 18.3. The fraction of sp³-hybridized carbons (Fsp3) is 0.0588. The predicted octanol–water partition coefficient (Wildman–Crippen LogP) is 13.9. The summed E-state index contributed by atoms with van der Waals surface area (Å²) in [5.74, 6) is 0. The third-order valence-electron chi connectivity index (χ3n) is 11.7. The first-order valence-electron chi connectivity index (χ1n) is 18.3. The molecule has 0 saturated carbocycles. The maximum absolute atomic E-state index is 2.50. The van der Waals surface area contributed by atoms with Crippen molar-refractivity contribution in [2.45, 2.75) is 19.3 Å². The zero-order valence-electron chi connectivity index (χ0n) is 29.2. The van der Waals surface area contributed by atoms with Gasteiger partial charge in [-0.2, -0.15) is 0 Å². The molecule has 0 unspecified atom stereocenters. The van der Waals surface area contributed by atoms with Gasteiger partial charge in [0.15, 0.2) is 0 Å². The lowest BCUT2D eigenvalue weighted by Gasteiger charge is -2.24. The summed E-state index contributed by atoms with van der Waals surface area (Å²) in [7, 11) is 0. The van der Waals surface area contributed by atoms with E-state index in [1.807, 2.05) is 0 Å². The van der Waals surface area contributed by atoms with Crippen LogP contribution in [0.1, 0.15) is 25.0 Å². The molecule has 1 aliphatic rings. The SMILES string of the molecule is CC1(C)c2cc(-c3c4ccccc4c(-c4cccc5ccccc45)c4ccccc34)ccc2-c2ccc3c(c21)c1ccccc1n3-c1ccccc1. The van der Waals surface area contributed by atoms with E-state index in [1.54, 1.807) is 0 Å². The number of nitrogens with zero attached hydrogens (tertiary/aromatic N) is 1. The van der Waals surface area contributed by atoms with Crippen molar-refractivity contribution in [2.75, 3.05) is 0 Å². The molecule has 0 amide bonds. The fourth-order valence-electron chi connectivity index (χ4n) is 9.55. The van der Waals surface area contributed by atoms with Crippen molar-refractivity contribution in [3.63, 3.8) is 0 Å². The second-order valence-electron chi connectivity index (χ2n) is 14.8. The van der Waals surface area contributed by atoms with Crippen LogP contribution in [0.4, 0.5) is 0 Å². The van der Waals surface area contributed by atoms with Gasteiger partial charge in [0.1, 0.15) is 0 Å². The first kappa shape index (κ1) is 29.3. The standard InChI is InChI=1S/C51H35N/c1-51(2)44-31-33(27-28-36(44)42-29-30-46-49(50(42)51)43-24-12-13-26-45(43)52(46)34-17-4-3-5-18-34)47-38-20-8-10-22-40(38)48(41-23-11-9-21-39(41)47)37-25-14-16-32-15-6-7-19-35(32)37/h3-31H,1-2H3. The highest BCUT2D eigenvalue weighted by molar-refractivity contribution is 6.24. The Labute approximate surface area is 303 Å². The van der Waals surface area contributed by atoms with E-state index < -0.39 is 0 Å². The summed E-state index contributed by atoms with van der Waals surface area (Å²) in [5.41, 5.74) is 14.1. The number of benzene rings is 9. The molecule has 1 aliphatic carbocycles. The molecule has 0 bridgehead atoms. The quantitative estimate of drug-likeness (QED) is 0.166. The Morgan fingerprint density at radius 1 is 0.404 bits per heavy atom. The van der Waals surface area contributed by atoms with Gasteiger partial charge in [0, 0.05) is 21.9 Å². The van der Waals surface area contributed by atoms with Gasteiger partial charge in [-0.15, -0.1) is 0 Å². The molecule has 0 fully saturated rings. The van der Waals surface area contributed by atoms with E-state index in [4.69, 9.17) is 0 Å². The Balaban J connectivity index is 1.17. The summed E-state index contributed by atoms with van der Waals surface area (Å²) in [6.45, 7) is 4.85. The van der Waals surface area contributed by atoms with Gasteiger partial charge in [-0.25, -0.2) is 0 Å². The average molecular weight is 662 g/mol. The van der Waals surface area contributed by atoms with Gasteiger partial charge in [-0.3, -0.25) is 0 Å². The van der Waals surface area contributed by atoms with Gasteiger partial charge in [0.25, 0.3) is 0 Å². The molecule has 0 spiro atoms. The monoisotopic (exact) mass is 661 g/mol. The molecule has 0 aliphatic heterocycles. The van der Waals surface area contributed by atoms with Crippen molar-refractivity contribution >= 4 is 54.1 Å². The van der Waals surface area contributed by atoms with E-state index in [-0.39, 0.29) is 5.41 Å². The summed E-state index contributed by atoms with van der Waals surface area (Å²) < 4.78 is 2.44. The van der Waals surface area contributed by atoms with Crippen molar-refractivity contribution in [1.29, 1.82) is 0 Å². The van der Waals surface area contributed by atoms with Crippen molar-refractivity contribution in [2.24, 2.45) is 0 Å². The van der Waals surface area contributed by atoms with Gasteiger partial charge < -0.3 is 4.57 Å². The zero-order valence-corrected chi connectivity index (χ0v) is 29.2. The lowest BCUT2D eigenvalue weighted by molar-refractivity contribution is 0.667. The third-order valence-corrected chi connectivity index (χ3v) is 11.7. The van der Waals surface area contributed by atoms with Crippen LogP contribution in [0, 0.1) is 0 Å². The molecule has 1 aromatic heterocycles. The smallest absolute Gasteiger partial charge is 0.0544 e. The van der Waals surface area contributed by atoms with E-state index in [9.17, 15) is 0 Å².